The maximum absolute atomic E-state index is 9.95. The van der Waals surface area contributed by atoms with Gasteiger partial charge < -0.3 is 14.8 Å². The molecule has 0 radical (unpaired) electrons. The van der Waals surface area contributed by atoms with Gasteiger partial charge in [0.25, 0.3) is 0 Å². The van der Waals surface area contributed by atoms with Crippen molar-refractivity contribution in [3.05, 3.63) is 29.3 Å². The lowest BCUT2D eigenvalue weighted by Crippen LogP contribution is -2.53. The fraction of sp³-hybridized carbons (Fsp3) is 0.500. The number of aliphatic hydroxyl groups is 1. The lowest BCUT2D eigenvalue weighted by molar-refractivity contribution is -0.0982. The molecule has 0 amide bonds. The molecule has 0 spiro atoms. The van der Waals surface area contributed by atoms with E-state index in [1.54, 1.807) is 52.0 Å². The van der Waals surface area contributed by atoms with E-state index in [1.807, 2.05) is 0 Å². The van der Waals surface area contributed by atoms with E-state index in [0.717, 1.165) is 0 Å². The van der Waals surface area contributed by atoms with Crippen LogP contribution in [0, 0.1) is 0 Å². The average molecular weight is 257 g/mol. The molecule has 5 heteroatoms. The van der Waals surface area contributed by atoms with Crippen LogP contribution in [0.4, 0.5) is 0 Å². The van der Waals surface area contributed by atoms with Gasteiger partial charge in [-0.25, -0.2) is 0 Å². The van der Waals surface area contributed by atoms with E-state index in [1.165, 1.54) is 0 Å². The summed E-state index contributed by atoms with van der Waals surface area (Å²) < 4.78 is 5.49. The molecule has 1 rings (SSSR count). The van der Waals surface area contributed by atoms with Gasteiger partial charge >= 0.3 is 7.12 Å². The van der Waals surface area contributed by atoms with Crippen LogP contribution in [0.25, 0.3) is 0 Å². The molecular weight excluding hydrogens is 238 g/mol. The van der Waals surface area contributed by atoms with Crippen LogP contribution in [0.3, 0.4) is 0 Å². The van der Waals surface area contributed by atoms with E-state index in [4.69, 9.17) is 16.3 Å². The maximum Gasteiger partial charge on any atom is 0.491 e. The first-order valence-electron chi connectivity index (χ1n) is 5.47. The van der Waals surface area contributed by atoms with Gasteiger partial charge in [0.05, 0.1) is 11.2 Å². The van der Waals surface area contributed by atoms with Gasteiger partial charge in [-0.15, -0.1) is 0 Å². The normalized spacial score (nSPS) is 12.6. The second-order valence-electron chi connectivity index (χ2n) is 5.09. The minimum atomic E-state index is -1.12. The van der Waals surface area contributed by atoms with Gasteiger partial charge in [0, 0.05) is 5.02 Å². The quantitative estimate of drug-likeness (QED) is 0.805. The Hall–Kier alpha value is -0.545. The summed E-state index contributed by atoms with van der Waals surface area (Å²) in [6, 6.07) is 6.81. The van der Waals surface area contributed by atoms with E-state index >= 15 is 0 Å². The van der Waals surface area contributed by atoms with Crippen LogP contribution in [0.1, 0.15) is 27.7 Å². The van der Waals surface area contributed by atoms with Gasteiger partial charge in [-0.2, -0.15) is 0 Å². The van der Waals surface area contributed by atoms with Crippen LogP contribution >= 0.6 is 11.6 Å². The van der Waals surface area contributed by atoms with E-state index in [0.29, 0.717) is 10.5 Å². The van der Waals surface area contributed by atoms with Crippen LogP contribution in [-0.4, -0.2) is 28.5 Å². The fourth-order valence-electron chi connectivity index (χ4n) is 1.15. The monoisotopic (exact) mass is 256 g/mol. The lowest BCUT2D eigenvalue weighted by Gasteiger charge is -2.38. The highest BCUT2D eigenvalue weighted by Crippen LogP contribution is 2.25. The smallest absolute Gasteiger partial charge is 0.423 e. The highest BCUT2D eigenvalue weighted by atomic mass is 35.5. The molecule has 0 aliphatic rings. The third-order valence-electron chi connectivity index (χ3n) is 3.01. The first-order chi connectivity index (χ1) is 7.63. The average Bonchev–Trinajstić information content (AvgIpc) is 2.15. The summed E-state index contributed by atoms with van der Waals surface area (Å²) in [5, 5.41) is 20.4. The summed E-state index contributed by atoms with van der Waals surface area (Å²) in [5.41, 5.74) is -1.38. The molecule has 0 fully saturated rings. The Morgan fingerprint density at radius 2 is 1.82 bits per heavy atom. The van der Waals surface area contributed by atoms with Crippen molar-refractivity contribution >= 4 is 24.2 Å². The standard InChI is InChI=1S/C12H18BClO3/c1-11(2,15)12(3,4)17-13(16)9-6-5-7-10(14)8-9/h5-8,15-16H,1-4H3. The van der Waals surface area contributed by atoms with Crippen LogP contribution in [0.2, 0.25) is 5.02 Å². The number of halogens is 1. The van der Waals surface area contributed by atoms with Crippen LogP contribution in [0.5, 0.6) is 0 Å². The lowest BCUT2D eigenvalue weighted by atomic mass is 9.76. The highest BCUT2D eigenvalue weighted by Gasteiger charge is 2.39. The van der Waals surface area contributed by atoms with E-state index in [2.05, 4.69) is 0 Å². The Labute approximate surface area is 108 Å². The predicted molar refractivity (Wildman–Crippen MR) is 70.5 cm³/mol. The van der Waals surface area contributed by atoms with Gasteiger partial charge in [0.2, 0.25) is 0 Å². The molecule has 17 heavy (non-hydrogen) atoms. The second kappa shape index (κ2) is 4.98. The molecule has 0 aliphatic carbocycles. The molecule has 0 unspecified atom stereocenters. The number of hydrogen-bond acceptors (Lipinski definition) is 3. The molecule has 94 valence electrons. The van der Waals surface area contributed by atoms with Crippen molar-refractivity contribution in [1.82, 2.24) is 0 Å². The zero-order chi connectivity index (χ0) is 13.3. The zero-order valence-corrected chi connectivity index (χ0v) is 11.3. The molecule has 2 N–H and O–H groups in total. The van der Waals surface area contributed by atoms with E-state index in [-0.39, 0.29) is 0 Å². The highest BCUT2D eigenvalue weighted by molar-refractivity contribution is 6.60. The van der Waals surface area contributed by atoms with Crippen molar-refractivity contribution in [1.29, 1.82) is 0 Å². The van der Waals surface area contributed by atoms with Crippen LogP contribution in [0.15, 0.2) is 24.3 Å². The van der Waals surface area contributed by atoms with Crippen molar-refractivity contribution in [2.75, 3.05) is 0 Å². The molecular formula is C12H18BClO3. The van der Waals surface area contributed by atoms with Crippen molar-refractivity contribution in [2.24, 2.45) is 0 Å². The third kappa shape index (κ3) is 3.71. The third-order valence-corrected chi connectivity index (χ3v) is 3.25. The second-order valence-corrected chi connectivity index (χ2v) is 5.53. The molecule has 0 aliphatic heterocycles. The molecule has 0 bridgehead atoms. The first-order valence-corrected chi connectivity index (χ1v) is 5.85. The Morgan fingerprint density at radius 1 is 1.24 bits per heavy atom. The number of rotatable bonds is 4. The molecule has 0 heterocycles. The van der Waals surface area contributed by atoms with Crippen molar-refractivity contribution in [2.45, 2.75) is 38.9 Å². The SMILES string of the molecule is CC(C)(O)C(C)(C)OB(O)c1cccc(Cl)c1. The number of benzene rings is 1. The largest absolute Gasteiger partial charge is 0.491 e. The maximum atomic E-state index is 9.95. The zero-order valence-electron chi connectivity index (χ0n) is 10.6. The molecule has 1 aromatic carbocycles. The van der Waals surface area contributed by atoms with Crippen molar-refractivity contribution in [3.63, 3.8) is 0 Å². The van der Waals surface area contributed by atoms with Crippen molar-refractivity contribution in [3.8, 4) is 0 Å². The topological polar surface area (TPSA) is 49.7 Å². The Balaban J connectivity index is 2.83. The molecule has 0 aromatic heterocycles. The van der Waals surface area contributed by atoms with Crippen LogP contribution < -0.4 is 5.46 Å². The summed E-state index contributed by atoms with van der Waals surface area (Å²) in [7, 11) is -1.12. The summed E-state index contributed by atoms with van der Waals surface area (Å²) in [5.74, 6) is 0. The predicted octanol–water partition coefficient (Wildman–Crippen LogP) is 1.59. The number of hydrogen-bond donors (Lipinski definition) is 2. The molecule has 0 saturated carbocycles. The fourth-order valence-corrected chi connectivity index (χ4v) is 1.35. The Kier molecular flexibility index (Phi) is 4.26. The summed E-state index contributed by atoms with van der Waals surface area (Å²) >= 11 is 5.83. The van der Waals surface area contributed by atoms with Gasteiger partial charge in [-0.1, -0.05) is 23.7 Å². The Morgan fingerprint density at radius 3 is 2.29 bits per heavy atom. The summed E-state index contributed by atoms with van der Waals surface area (Å²) in [4.78, 5) is 0. The first kappa shape index (κ1) is 14.5. The molecule has 3 nitrogen and oxygen atoms in total. The Bertz CT molecular complexity index is 388. The van der Waals surface area contributed by atoms with Gasteiger partial charge in [0.1, 0.15) is 0 Å². The van der Waals surface area contributed by atoms with E-state index in [9.17, 15) is 10.1 Å². The van der Waals surface area contributed by atoms with Gasteiger partial charge in [-0.05, 0) is 45.3 Å². The van der Waals surface area contributed by atoms with Crippen molar-refractivity contribution < 1.29 is 14.8 Å². The summed E-state index contributed by atoms with van der Waals surface area (Å²) in [6.07, 6.45) is 0. The molecule has 0 atom stereocenters. The minimum absolute atomic E-state index is 0.534. The molecule has 0 saturated heterocycles. The summed E-state index contributed by atoms with van der Waals surface area (Å²) in [6.45, 7) is 6.72. The van der Waals surface area contributed by atoms with E-state index < -0.39 is 18.3 Å². The van der Waals surface area contributed by atoms with Crippen LogP contribution in [-0.2, 0) is 4.65 Å². The van der Waals surface area contributed by atoms with Gasteiger partial charge in [-0.3, -0.25) is 0 Å². The van der Waals surface area contributed by atoms with Gasteiger partial charge in [0.15, 0.2) is 0 Å². The minimum Gasteiger partial charge on any atom is -0.423 e. The molecule has 1 aromatic rings.